The van der Waals surface area contributed by atoms with Crippen LogP contribution in [-0.2, 0) is 4.79 Å². The van der Waals surface area contributed by atoms with Crippen molar-refractivity contribution < 1.29 is 14.3 Å². The normalized spacial score (nSPS) is 12.5. The van der Waals surface area contributed by atoms with E-state index in [1.807, 2.05) is 6.92 Å². The van der Waals surface area contributed by atoms with E-state index in [9.17, 15) is 4.79 Å². The minimum atomic E-state index is -0.0662. The zero-order valence-corrected chi connectivity index (χ0v) is 11.0. The van der Waals surface area contributed by atoms with Crippen LogP contribution in [0.3, 0.4) is 0 Å². The number of carbonyl (C=O) groups excluding carboxylic acids is 1. The van der Waals surface area contributed by atoms with Crippen molar-refractivity contribution in [3.63, 3.8) is 0 Å². The molecular formula is C12H17ClN2O3. The molecule has 0 spiro atoms. The number of halogens is 1. The SMILES string of the molecule is CCNCC(=O)Nc1ccc2c(c1)OCCO2.Cl. The van der Waals surface area contributed by atoms with E-state index in [0.717, 1.165) is 18.0 Å². The van der Waals surface area contributed by atoms with Gasteiger partial charge in [0, 0.05) is 11.8 Å². The van der Waals surface area contributed by atoms with Crippen LogP contribution in [0.2, 0.25) is 0 Å². The number of anilines is 1. The molecule has 1 aromatic rings. The topological polar surface area (TPSA) is 59.6 Å². The van der Waals surface area contributed by atoms with Crippen molar-refractivity contribution >= 4 is 24.0 Å². The maximum Gasteiger partial charge on any atom is 0.238 e. The number of benzene rings is 1. The maximum atomic E-state index is 11.5. The number of amides is 1. The van der Waals surface area contributed by atoms with E-state index in [4.69, 9.17) is 9.47 Å². The Morgan fingerprint density at radius 2 is 2.00 bits per heavy atom. The van der Waals surface area contributed by atoms with Gasteiger partial charge < -0.3 is 20.1 Å². The minimum Gasteiger partial charge on any atom is -0.486 e. The van der Waals surface area contributed by atoms with Crippen molar-refractivity contribution in [3.8, 4) is 11.5 Å². The molecule has 0 aliphatic carbocycles. The van der Waals surface area contributed by atoms with Gasteiger partial charge in [-0.2, -0.15) is 0 Å². The predicted octanol–water partition coefficient (Wildman–Crippen LogP) is 1.43. The quantitative estimate of drug-likeness (QED) is 0.871. The lowest BCUT2D eigenvalue weighted by Gasteiger charge is -2.19. The molecule has 2 rings (SSSR count). The van der Waals surface area contributed by atoms with Gasteiger partial charge in [0.15, 0.2) is 11.5 Å². The van der Waals surface area contributed by atoms with Crippen molar-refractivity contribution in [2.45, 2.75) is 6.92 Å². The summed E-state index contributed by atoms with van der Waals surface area (Å²) in [7, 11) is 0. The summed E-state index contributed by atoms with van der Waals surface area (Å²) in [6, 6.07) is 5.38. The molecule has 1 heterocycles. The molecule has 0 bridgehead atoms. The highest BCUT2D eigenvalue weighted by molar-refractivity contribution is 5.92. The molecule has 0 fully saturated rings. The third-order valence-corrected chi connectivity index (χ3v) is 2.36. The van der Waals surface area contributed by atoms with Crippen LogP contribution < -0.4 is 20.1 Å². The van der Waals surface area contributed by atoms with Crippen LogP contribution in [0.1, 0.15) is 6.92 Å². The molecule has 0 atom stereocenters. The zero-order chi connectivity index (χ0) is 12.1. The van der Waals surface area contributed by atoms with Crippen LogP contribution in [-0.4, -0.2) is 32.2 Å². The number of nitrogens with one attached hydrogen (secondary N) is 2. The van der Waals surface area contributed by atoms with E-state index in [-0.39, 0.29) is 18.3 Å². The predicted molar refractivity (Wildman–Crippen MR) is 71.9 cm³/mol. The van der Waals surface area contributed by atoms with E-state index >= 15 is 0 Å². The van der Waals surface area contributed by atoms with Crippen LogP contribution >= 0.6 is 12.4 Å². The molecule has 100 valence electrons. The third kappa shape index (κ3) is 3.78. The molecule has 1 amide bonds. The number of hydrogen-bond donors (Lipinski definition) is 2. The Morgan fingerprint density at radius 1 is 1.28 bits per heavy atom. The summed E-state index contributed by atoms with van der Waals surface area (Å²) >= 11 is 0. The van der Waals surface area contributed by atoms with Gasteiger partial charge in [-0.3, -0.25) is 4.79 Å². The Kier molecular flexibility index (Phi) is 5.74. The highest BCUT2D eigenvalue weighted by Crippen LogP contribution is 2.32. The van der Waals surface area contributed by atoms with Crippen LogP contribution in [0.15, 0.2) is 18.2 Å². The lowest BCUT2D eigenvalue weighted by Crippen LogP contribution is -2.27. The first kappa shape index (κ1) is 14.6. The van der Waals surface area contributed by atoms with Gasteiger partial charge in [-0.05, 0) is 18.7 Å². The van der Waals surface area contributed by atoms with Crippen molar-refractivity contribution in [3.05, 3.63) is 18.2 Å². The molecule has 18 heavy (non-hydrogen) atoms. The summed E-state index contributed by atoms with van der Waals surface area (Å²) in [4.78, 5) is 11.5. The number of likely N-dealkylation sites (N-methyl/N-ethyl adjacent to an activating group) is 1. The fourth-order valence-corrected chi connectivity index (χ4v) is 1.56. The number of ether oxygens (including phenoxy) is 2. The summed E-state index contributed by atoms with van der Waals surface area (Å²) in [5, 5.41) is 5.75. The van der Waals surface area contributed by atoms with Crippen molar-refractivity contribution in [2.75, 3.05) is 31.6 Å². The first-order chi connectivity index (χ1) is 8.29. The molecule has 1 aliphatic rings. The van der Waals surface area contributed by atoms with Gasteiger partial charge in [0.1, 0.15) is 13.2 Å². The molecule has 0 unspecified atom stereocenters. The Hall–Kier alpha value is -1.46. The maximum absolute atomic E-state index is 11.5. The van der Waals surface area contributed by atoms with E-state index in [2.05, 4.69) is 10.6 Å². The average molecular weight is 273 g/mol. The Bertz CT molecular complexity index is 412. The van der Waals surface area contributed by atoms with Gasteiger partial charge in [-0.25, -0.2) is 0 Å². The van der Waals surface area contributed by atoms with Gasteiger partial charge in [-0.1, -0.05) is 6.92 Å². The summed E-state index contributed by atoms with van der Waals surface area (Å²) in [5.74, 6) is 1.34. The Labute approximate surface area is 112 Å². The van der Waals surface area contributed by atoms with Crippen LogP contribution in [0.4, 0.5) is 5.69 Å². The molecule has 2 N–H and O–H groups in total. The van der Waals surface area contributed by atoms with Crippen LogP contribution in [0.25, 0.3) is 0 Å². The molecule has 1 aromatic carbocycles. The number of fused-ring (bicyclic) bond motifs is 1. The van der Waals surface area contributed by atoms with Crippen molar-refractivity contribution in [1.29, 1.82) is 0 Å². The van der Waals surface area contributed by atoms with E-state index in [1.165, 1.54) is 0 Å². The molecule has 0 radical (unpaired) electrons. The summed E-state index contributed by atoms with van der Waals surface area (Å²) in [5.41, 5.74) is 0.720. The average Bonchev–Trinajstić information content (AvgIpc) is 2.36. The second-order valence-corrected chi connectivity index (χ2v) is 3.69. The number of rotatable bonds is 4. The van der Waals surface area contributed by atoms with Crippen molar-refractivity contribution in [1.82, 2.24) is 5.32 Å². The lowest BCUT2D eigenvalue weighted by molar-refractivity contribution is -0.115. The summed E-state index contributed by atoms with van der Waals surface area (Å²) in [6.45, 7) is 4.15. The standard InChI is InChI=1S/C12H16N2O3.ClH/c1-2-13-8-12(15)14-9-3-4-10-11(7-9)17-6-5-16-10;/h3-4,7,13H,2,5-6,8H2,1H3,(H,14,15);1H. The van der Waals surface area contributed by atoms with Crippen LogP contribution in [0, 0.1) is 0 Å². The smallest absolute Gasteiger partial charge is 0.238 e. The molecular weight excluding hydrogens is 256 g/mol. The van der Waals surface area contributed by atoms with E-state index in [1.54, 1.807) is 18.2 Å². The number of hydrogen-bond acceptors (Lipinski definition) is 4. The fraction of sp³-hybridized carbons (Fsp3) is 0.417. The minimum absolute atomic E-state index is 0. The van der Waals surface area contributed by atoms with Gasteiger partial charge in [0.2, 0.25) is 5.91 Å². The first-order valence-corrected chi connectivity index (χ1v) is 5.70. The fourth-order valence-electron chi connectivity index (χ4n) is 1.56. The molecule has 1 aliphatic heterocycles. The van der Waals surface area contributed by atoms with Gasteiger partial charge in [0.25, 0.3) is 0 Å². The molecule has 0 saturated heterocycles. The van der Waals surface area contributed by atoms with E-state index in [0.29, 0.717) is 25.5 Å². The molecule has 6 heteroatoms. The first-order valence-electron chi connectivity index (χ1n) is 5.70. The van der Waals surface area contributed by atoms with E-state index < -0.39 is 0 Å². The Morgan fingerprint density at radius 3 is 2.72 bits per heavy atom. The van der Waals surface area contributed by atoms with Gasteiger partial charge >= 0.3 is 0 Å². The molecule has 0 saturated carbocycles. The highest BCUT2D eigenvalue weighted by Gasteiger charge is 2.12. The van der Waals surface area contributed by atoms with Gasteiger partial charge in [0.05, 0.1) is 6.54 Å². The largest absolute Gasteiger partial charge is 0.486 e. The zero-order valence-electron chi connectivity index (χ0n) is 10.2. The molecule has 5 nitrogen and oxygen atoms in total. The summed E-state index contributed by atoms with van der Waals surface area (Å²) in [6.07, 6.45) is 0. The molecule has 0 aromatic heterocycles. The monoisotopic (exact) mass is 272 g/mol. The highest BCUT2D eigenvalue weighted by atomic mass is 35.5. The van der Waals surface area contributed by atoms with Crippen molar-refractivity contribution in [2.24, 2.45) is 0 Å². The Balaban J connectivity index is 0.00000162. The lowest BCUT2D eigenvalue weighted by atomic mass is 10.2. The van der Waals surface area contributed by atoms with Gasteiger partial charge in [-0.15, -0.1) is 12.4 Å². The van der Waals surface area contributed by atoms with Crippen LogP contribution in [0.5, 0.6) is 11.5 Å². The second-order valence-electron chi connectivity index (χ2n) is 3.69. The second kappa shape index (κ2) is 7.08. The summed E-state index contributed by atoms with van der Waals surface area (Å²) < 4.78 is 10.8. The number of carbonyl (C=O) groups is 1. The third-order valence-electron chi connectivity index (χ3n) is 2.36.